The molecule has 2 aliphatic carbocycles. The summed E-state index contributed by atoms with van der Waals surface area (Å²) in [6, 6.07) is 0. The minimum atomic E-state index is -1.08. The van der Waals surface area contributed by atoms with Gasteiger partial charge in [0.25, 0.3) is 0 Å². The average Bonchev–Trinajstić information content (AvgIpc) is 3.47. The van der Waals surface area contributed by atoms with Gasteiger partial charge < -0.3 is 18.9 Å². The summed E-state index contributed by atoms with van der Waals surface area (Å²) in [6.07, 6.45) is 0.935. The molecule has 0 aromatic heterocycles. The molecule has 2 saturated heterocycles. The van der Waals surface area contributed by atoms with E-state index in [1.165, 1.54) is 0 Å². The molecular weight excluding hydrogens is 400 g/mol. The number of esters is 2. The molecule has 158 valence electrons. The van der Waals surface area contributed by atoms with Crippen molar-refractivity contribution in [2.45, 2.75) is 57.5 Å². The number of halogens is 1. The molecule has 6 atom stereocenters. The van der Waals surface area contributed by atoms with Crippen LogP contribution in [0.15, 0.2) is 23.8 Å². The van der Waals surface area contributed by atoms with Gasteiger partial charge in [-0.1, -0.05) is 25.2 Å². The van der Waals surface area contributed by atoms with E-state index in [1.54, 1.807) is 6.92 Å². The molecule has 0 aromatic carbocycles. The maximum absolute atomic E-state index is 13.2. The SMILES string of the molecule is C=C(C)C(=O)OC[C@]12CCC(C)=C[C@H]1O[C@@H]1C(=O)[C@@H](OC(=O)CCl)[C@@]2(C)[C@]12CO2. The smallest absolute Gasteiger partial charge is 0.333 e. The molecule has 1 spiro atoms. The predicted octanol–water partition coefficient (Wildman–Crippen LogP) is 2.11. The van der Waals surface area contributed by atoms with Crippen LogP contribution in [-0.2, 0) is 33.3 Å². The fourth-order valence-corrected chi connectivity index (χ4v) is 5.49. The molecule has 7 nitrogen and oxygen atoms in total. The molecule has 0 unspecified atom stereocenters. The third kappa shape index (κ3) is 2.60. The van der Waals surface area contributed by atoms with Gasteiger partial charge in [-0.05, 0) is 26.7 Å². The minimum Gasteiger partial charge on any atom is -0.462 e. The summed E-state index contributed by atoms with van der Waals surface area (Å²) < 4.78 is 23.3. The van der Waals surface area contributed by atoms with E-state index in [4.69, 9.17) is 30.5 Å². The van der Waals surface area contributed by atoms with Gasteiger partial charge in [-0.2, -0.15) is 0 Å². The monoisotopic (exact) mass is 424 g/mol. The number of fused-ring (bicyclic) bond motifs is 2. The van der Waals surface area contributed by atoms with Gasteiger partial charge in [-0.3, -0.25) is 9.59 Å². The van der Waals surface area contributed by atoms with Crippen LogP contribution in [0.1, 0.15) is 33.6 Å². The number of rotatable bonds is 5. The molecule has 1 saturated carbocycles. The Morgan fingerprint density at radius 3 is 2.69 bits per heavy atom. The Kier molecular flexibility index (Phi) is 4.72. The van der Waals surface area contributed by atoms with Gasteiger partial charge in [-0.15, -0.1) is 11.6 Å². The summed E-state index contributed by atoms with van der Waals surface area (Å²) >= 11 is 5.64. The molecule has 0 aromatic rings. The van der Waals surface area contributed by atoms with Crippen LogP contribution in [0.3, 0.4) is 0 Å². The maximum Gasteiger partial charge on any atom is 0.333 e. The van der Waals surface area contributed by atoms with Gasteiger partial charge in [0.15, 0.2) is 12.2 Å². The molecular formula is C21H25ClO7. The molecule has 3 fully saturated rings. The zero-order valence-electron chi connectivity index (χ0n) is 16.8. The topological polar surface area (TPSA) is 91.4 Å². The van der Waals surface area contributed by atoms with E-state index in [2.05, 4.69) is 6.58 Å². The zero-order chi connectivity index (χ0) is 21.2. The van der Waals surface area contributed by atoms with Crippen LogP contribution in [0.2, 0.25) is 0 Å². The molecule has 2 bridgehead atoms. The Balaban J connectivity index is 1.82. The number of ether oxygens (including phenoxy) is 4. The van der Waals surface area contributed by atoms with Gasteiger partial charge in [0, 0.05) is 11.0 Å². The van der Waals surface area contributed by atoms with E-state index in [0.29, 0.717) is 13.0 Å². The first kappa shape index (κ1) is 20.6. The fraction of sp³-hybridized carbons (Fsp3) is 0.667. The summed E-state index contributed by atoms with van der Waals surface area (Å²) in [7, 11) is 0. The molecule has 8 heteroatoms. The van der Waals surface area contributed by atoms with Gasteiger partial charge >= 0.3 is 11.9 Å². The van der Waals surface area contributed by atoms with Crippen molar-refractivity contribution in [3.8, 4) is 0 Å². The first-order valence-corrected chi connectivity index (χ1v) is 10.2. The van der Waals surface area contributed by atoms with Gasteiger partial charge in [0.05, 0.1) is 18.1 Å². The van der Waals surface area contributed by atoms with Crippen LogP contribution >= 0.6 is 11.6 Å². The summed E-state index contributed by atoms with van der Waals surface area (Å²) in [6.45, 7) is 9.43. The normalized spacial score (nSPS) is 42.1. The van der Waals surface area contributed by atoms with E-state index in [0.717, 1.165) is 12.0 Å². The Morgan fingerprint density at radius 2 is 2.10 bits per heavy atom. The van der Waals surface area contributed by atoms with Gasteiger partial charge in [0.1, 0.15) is 18.1 Å². The van der Waals surface area contributed by atoms with Crippen LogP contribution in [0, 0.1) is 10.8 Å². The summed E-state index contributed by atoms with van der Waals surface area (Å²) in [5, 5.41) is 0. The van der Waals surface area contributed by atoms with Crippen LogP contribution < -0.4 is 0 Å². The first-order chi connectivity index (χ1) is 13.6. The van der Waals surface area contributed by atoms with Crippen molar-refractivity contribution < 1.29 is 33.3 Å². The molecule has 4 rings (SSSR count). The van der Waals surface area contributed by atoms with Gasteiger partial charge in [-0.25, -0.2) is 4.79 Å². The summed E-state index contributed by atoms with van der Waals surface area (Å²) in [5.74, 6) is -1.88. The van der Waals surface area contributed by atoms with Crippen molar-refractivity contribution in [3.63, 3.8) is 0 Å². The van der Waals surface area contributed by atoms with E-state index < -0.39 is 46.7 Å². The highest BCUT2D eigenvalue weighted by Crippen LogP contribution is 2.71. The third-order valence-corrected chi connectivity index (χ3v) is 7.45. The van der Waals surface area contributed by atoms with Crippen molar-refractivity contribution in [3.05, 3.63) is 23.8 Å². The number of ketones is 1. The second-order valence-electron chi connectivity index (χ2n) is 8.75. The quantitative estimate of drug-likeness (QED) is 0.219. The second-order valence-corrected chi connectivity index (χ2v) is 9.02. The van der Waals surface area contributed by atoms with Crippen molar-refractivity contribution in [1.29, 1.82) is 0 Å². The van der Waals surface area contributed by atoms with Gasteiger partial charge in [0.2, 0.25) is 5.78 Å². The van der Waals surface area contributed by atoms with Crippen LogP contribution in [0.4, 0.5) is 0 Å². The molecule has 29 heavy (non-hydrogen) atoms. The lowest BCUT2D eigenvalue weighted by Crippen LogP contribution is -2.66. The van der Waals surface area contributed by atoms with Crippen LogP contribution in [0.25, 0.3) is 0 Å². The van der Waals surface area contributed by atoms with E-state index in [1.807, 2.05) is 19.9 Å². The van der Waals surface area contributed by atoms with E-state index in [9.17, 15) is 14.4 Å². The number of carbonyl (C=O) groups is 3. The number of epoxide rings is 1. The van der Waals surface area contributed by atoms with E-state index >= 15 is 0 Å². The molecule has 4 aliphatic rings. The fourth-order valence-electron chi connectivity index (χ4n) is 5.43. The lowest BCUT2D eigenvalue weighted by atomic mass is 9.51. The highest BCUT2D eigenvalue weighted by molar-refractivity contribution is 6.26. The lowest BCUT2D eigenvalue weighted by Gasteiger charge is -2.57. The Bertz CT molecular complexity index is 829. The molecule has 0 N–H and O–H groups in total. The molecule has 0 amide bonds. The highest BCUT2D eigenvalue weighted by atomic mass is 35.5. The second kappa shape index (κ2) is 6.65. The molecule has 2 heterocycles. The summed E-state index contributed by atoms with van der Waals surface area (Å²) in [4.78, 5) is 37.5. The average molecular weight is 425 g/mol. The Morgan fingerprint density at radius 1 is 1.41 bits per heavy atom. The van der Waals surface area contributed by atoms with Crippen LogP contribution in [-0.4, -0.2) is 60.7 Å². The number of Topliss-reactive ketones (excluding diaryl/α,β-unsaturated/α-hetero) is 1. The number of carbonyl (C=O) groups excluding carboxylic acids is 3. The van der Waals surface area contributed by atoms with Crippen molar-refractivity contribution in [2.75, 3.05) is 19.1 Å². The maximum atomic E-state index is 13.2. The lowest BCUT2D eigenvalue weighted by molar-refractivity contribution is -0.232. The number of hydrogen-bond acceptors (Lipinski definition) is 7. The number of alkyl halides is 1. The molecule has 0 radical (unpaired) electrons. The Hall–Kier alpha value is -1.70. The van der Waals surface area contributed by atoms with Crippen molar-refractivity contribution in [1.82, 2.24) is 0 Å². The number of allylic oxidation sites excluding steroid dienone is 1. The molecule has 2 aliphatic heterocycles. The minimum absolute atomic E-state index is 0.00365. The zero-order valence-corrected chi connectivity index (χ0v) is 17.5. The third-order valence-electron chi connectivity index (χ3n) is 7.23. The van der Waals surface area contributed by atoms with Crippen LogP contribution in [0.5, 0.6) is 0 Å². The highest BCUT2D eigenvalue weighted by Gasteiger charge is 2.86. The largest absolute Gasteiger partial charge is 0.462 e. The van der Waals surface area contributed by atoms with E-state index in [-0.39, 0.29) is 23.8 Å². The summed E-state index contributed by atoms with van der Waals surface area (Å²) in [5.41, 5.74) is -1.21. The predicted molar refractivity (Wildman–Crippen MR) is 102 cm³/mol. The van der Waals surface area contributed by atoms with Crippen molar-refractivity contribution in [2.24, 2.45) is 10.8 Å². The number of hydrogen-bond donors (Lipinski definition) is 0. The Labute approximate surface area is 174 Å². The van der Waals surface area contributed by atoms with Crippen molar-refractivity contribution >= 4 is 29.3 Å². The standard InChI is InChI=1S/C21H25ClO7/c1-11(2)18(25)26-9-20-6-5-12(3)7-13(20)28-17-15(24)16(29-14(23)8-22)19(20,4)21(17)10-27-21/h7,13,16-17H,1,5-6,8-10H2,2-4H3/t13-,16-,17-,19-,20-,21+/m1/s1. The first-order valence-electron chi connectivity index (χ1n) is 9.71.